The third-order valence-corrected chi connectivity index (χ3v) is 1.32. The van der Waals surface area contributed by atoms with E-state index in [0.717, 1.165) is 0 Å². The van der Waals surface area contributed by atoms with Crippen LogP contribution in [0.15, 0.2) is 18.3 Å². The molecule has 0 aliphatic rings. The van der Waals surface area contributed by atoms with Gasteiger partial charge in [0.2, 0.25) is 0 Å². The van der Waals surface area contributed by atoms with Gasteiger partial charge in [0.15, 0.2) is 0 Å². The maximum Gasteiger partial charge on any atom is 0.124 e. The molecule has 0 fully saturated rings. The van der Waals surface area contributed by atoms with Crippen molar-refractivity contribution in [1.29, 1.82) is 5.41 Å². The first-order valence-electron chi connectivity index (χ1n) is 2.57. The average molecular weight is 143 g/mol. The van der Waals surface area contributed by atoms with Gasteiger partial charge < -0.3 is 4.57 Å². The van der Waals surface area contributed by atoms with E-state index in [1.807, 2.05) is 0 Å². The highest BCUT2D eigenvalue weighted by atomic mass is 35.5. The van der Waals surface area contributed by atoms with Gasteiger partial charge in [-0.05, 0) is 12.1 Å². The van der Waals surface area contributed by atoms with Gasteiger partial charge in [0.1, 0.15) is 5.49 Å². The molecule has 1 aromatic heterocycles. The first kappa shape index (κ1) is 6.36. The maximum atomic E-state index is 7.22. The van der Waals surface area contributed by atoms with Crippen molar-refractivity contribution in [2.24, 2.45) is 7.05 Å². The smallest absolute Gasteiger partial charge is 0.124 e. The minimum atomic E-state index is 0.458. The van der Waals surface area contributed by atoms with Crippen LogP contribution in [-0.2, 0) is 7.05 Å². The molecule has 0 spiro atoms. The fraction of sp³-hybridized carbons (Fsp3) is 0.167. The van der Waals surface area contributed by atoms with Crippen molar-refractivity contribution in [2.75, 3.05) is 0 Å². The van der Waals surface area contributed by atoms with E-state index in [2.05, 4.69) is 0 Å². The Labute approximate surface area is 58.2 Å². The second-order valence-corrected chi connectivity index (χ2v) is 2.28. The maximum absolute atomic E-state index is 7.22. The van der Waals surface area contributed by atoms with E-state index in [-0.39, 0.29) is 0 Å². The third-order valence-electron chi connectivity index (χ3n) is 1.10. The van der Waals surface area contributed by atoms with Crippen LogP contribution in [0.3, 0.4) is 0 Å². The molecule has 48 valence electrons. The number of hydrogen-bond acceptors (Lipinski definition) is 1. The van der Waals surface area contributed by atoms with E-state index in [1.165, 1.54) is 0 Å². The van der Waals surface area contributed by atoms with E-state index in [9.17, 15) is 0 Å². The fourth-order valence-electron chi connectivity index (χ4n) is 0.574. The summed E-state index contributed by atoms with van der Waals surface area (Å²) in [5.41, 5.74) is 0.458. The molecule has 1 N–H and O–H groups in total. The molecule has 0 aliphatic carbocycles. The Morgan fingerprint density at radius 1 is 1.56 bits per heavy atom. The molecule has 0 aliphatic heterocycles. The summed E-state index contributed by atoms with van der Waals surface area (Å²) in [4.78, 5) is 0. The van der Waals surface area contributed by atoms with Crippen LogP contribution in [0.1, 0.15) is 0 Å². The van der Waals surface area contributed by atoms with Crippen molar-refractivity contribution in [3.63, 3.8) is 0 Å². The van der Waals surface area contributed by atoms with Crippen LogP contribution in [0.25, 0.3) is 0 Å². The molecule has 1 heterocycles. The van der Waals surface area contributed by atoms with Crippen molar-refractivity contribution in [1.82, 2.24) is 4.57 Å². The van der Waals surface area contributed by atoms with Crippen LogP contribution in [0.4, 0.5) is 0 Å². The number of nitrogens with zero attached hydrogens (tertiary/aromatic N) is 1. The van der Waals surface area contributed by atoms with E-state index >= 15 is 0 Å². The van der Waals surface area contributed by atoms with Gasteiger partial charge >= 0.3 is 0 Å². The number of pyridine rings is 1. The molecule has 1 rings (SSSR count). The van der Waals surface area contributed by atoms with Crippen LogP contribution < -0.4 is 5.49 Å². The number of rotatable bonds is 0. The topological polar surface area (TPSA) is 28.8 Å². The van der Waals surface area contributed by atoms with Crippen molar-refractivity contribution < 1.29 is 0 Å². The molecule has 0 bridgehead atoms. The predicted octanol–water partition coefficient (Wildman–Crippen LogP) is 1.16. The summed E-state index contributed by atoms with van der Waals surface area (Å²) in [6, 6.07) is 3.35. The van der Waals surface area contributed by atoms with Gasteiger partial charge in [-0.25, -0.2) is 0 Å². The Bertz CT molecular complexity index is 264. The average Bonchev–Trinajstić information content (AvgIpc) is 1.80. The van der Waals surface area contributed by atoms with E-state index in [0.29, 0.717) is 10.5 Å². The quantitative estimate of drug-likeness (QED) is 0.563. The van der Waals surface area contributed by atoms with Crippen molar-refractivity contribution in [3.05, 3.63) is 28.8 Å². The Morgan fingerprint density at radius 2 is 2.22 bits per heavy atom. The Hall–Kier alpha value is -0.760. The van der Waals surface area contributed by atoms with E-state index < -0.39 is 0 Å². The van der Waals surface area contributed by atoms with Gasteiger partial charge in [0.05, 0.1) is 5.02 Å². The highest BCUT2D eigenvalue weighted by Crippen LogP contribution is 2.00. The summed E-state index contributed by atoms with van der Waals surface area (Å²) < 4.78 is 1.66. The summed E-state index contributed by atoms with van der Waals surface area (Å²) in [5, 5.41) is 7.88. The lowest BCUT2D eigenvalue weighted by atomic mass is 10.5. The zero-order valence-corrected chi connectivity index (χ0v) is 5.81. The van der Waals surface area contributed by atoms with Crippen LogP contribution in [0.5, 0.6) is 0 Å². The Balaban J connectivity index is 3.34. The van der Waals surface area contributed by atoms with Gasteiger partial charge in [-0.2, -0.15) is 0 Å². The first-order valence-corrected chi connectivity index (χ1v) is 2.95. The molecule has 9 heavy (non-hydrogen) atoms. The van der Waals surface area contributed by atoms with Gasteiger partial charge in [-0.15, -0.1) is 0 Å². The summed E-state index contributed by atoms with van der Waals surface area (Å²) in [6.45, 7) is 0. The van der Waals surface area contributed by atoms with Gasteiger partial charge in [-0.1, -0.05) is 11.6 Å². The molecular formula is C6H7ClN2. The minimum absolute atomic E-state index is 0.458. The largest absolute Gasteiger partial charge is 0.335 e. The predicted molar refractivity (Wildman–Crippen MR) is 36.3 cm³/mol. The number of aromatic nitrogens is 1. The summed E-state index contributed by atoms with van der Waals surface area (Å²) >= 11 is 5.61. The van der Waals surface area contributed by atoms with Crippen LogP contribution in [0, 0.1) is 5.41 Å². The second-order valence-electron chi connectivity index (χ2n) is 1.84. The molecule has 0 aromatic carbocycles. The van der Waals surface area contributed by atoms with Crippen molar-refractivity contribution in [3.8, 4) is 0 Å². The molecule has 0 saturated heterocycles. The summed E-state index contributed by atoms with van der Waals surface area (Å²) in [7, 11) is 1.79. The van der Waals surface area contributed by atoms with Gasteiger partial charge in [0.25, 0.3) is 0 Å². The summed E-state index contributed by atoms with van der Waals surface area (Å²) in [5.74, 6) is 0. The number of halogens is 1. The van der Waals surface area contributed by atoms with Crippen molar-refractivity contribution in [2.45, 2.75) is 0 Å². The number of nitrogens with one attached hydrogen (secondary N) is 1. The zero-order valence-electron chi connectivity index (χ0n) is 5.06. The zero-order chi connectivity index (χ0) is 6.85. The fourth-order valence-corrected chi connectivity index (χ4v) is 0.783. The summed E-state index contributed by atoms with van der Waals surface area (Å²) in [6.07, 6.45) is 1.70. The first-order chi connectivity index (χ1) is 4.20. The molecule has 0 saturated carbocycles. The molecule has 3 heteroatoms. The van der Waals surface area contributed by atoms with E-state index in [4.69, 9.17) is 17.0 Å². The number of hydrogen-bond donors (Lipinski definition) is 1. The second kappa shape index (κ2) is 2.23. The van der Waals surface area contributed by atoms with Gasteiger partial charge in [-0.3, -0.25) is 5.41 Å². The standard InChI is InChI=1S/C6H7ClN2/c1-9-4-5(7)2-3-6(9)8/h2-4,8H,1H3. The lowest BCUT2D eigenvalue weighted by molar-refractivity contribution is 0.817. The monoisotopic (exact) mass is 142 g/mol. The van der Waals surface area contributed by atoms with Crippen LogP contribution in [-0.4, -0.2) is 4.57 Å². The number of aryl methyl sites for hydroxylation is 1. The molecular weight excluding hydrogens is 136 g/mol. The minimum Gasteiger partial charge on any atom is -0.335 e. The Morgan fingerprint density at radius 3 is 2.67 bits per heavy atom. The highest BCUT2D eigenvalue weighted by Gasteiger charge is 1.85. The van der Waals surface area contributed by atoms with Crippen LogP contribution in [0.2, 0.25) is 5.02 Å². The van der Waals surface area contributed by atoms with E-state index in [1.54, 1.807) is 29.9 Å². The molecule has 0 radical (unpaired) electrons. The molecule has 0 amide bonds. The lowest BCUT2D eigenvalue weighted by Gasteiger charge is -1.95. The normalized spacial score (nSPS) is 9.56. The third kappa shape index (κ3) is 1.33. The molecule has 2 nitrogen and oxygen atoms in total. The SMILES string of the molecule is Cn1cc(Cl)ccc1=N. The van der Waals surface area contributed by atoms with Crippen molar-refractivity contribution >= 4 is 11.6 Å². The molecule has 0 unspecified atom stereocenters. The molecule has 1 aromatic rings. The van der Waals surface area contributed by atoms with Crippen LogP contribution >= 0.6 is 11.6 Å². The molecule has 0 atom stereocenters. The lowest BCUT2D eigenvalue weighted by Crippen LogP contribution is -2.13. The van der Waals surface area contributed by atoms with Gasteiger partial charge in [0, 0.05) is 13.2 Å². The Kier molecular flexibility index (Phi) is 1.58. The highest BCUT2D eigenvalue weighted by molar-refractivity contribution is 6.30.